The minimum atomic E-state index is -0.149. The molecular formula is C9H21NO2. The third-order valence-corrected chi connectivity index (χ3v) is 1.98. The van der Waals surface area contributed by atoms with Crippen LogP contribution in [0.3, 0.4) is 0 Å². The number of nitrogens with one attached hydrogen (secondary N) is 1. The van der Waals surface area contributed by atoms with E-state index in [4.69, 9.17) is 10.2 Å². The molecule has 0 amide bonds. The Kier molecular flexibility index (Phi) is 7.45. The van der Waals surface area contributed by atoms with Crippen molar-refractivity contribution >= 4 is 0 Å². The Hall–Kier alpha value is -0.120. The van der Waals surface area contributed by atoms with Crippen LogP contribution in [0.4, 0.5) is 0 Å². The second kappa shape index (κ2) is 7.53. The van der Waals surface area contributed by atoms with E-state index in [1.807, 2.05) is 0 Å². The summed E-state index contributed by atoms with van der Waals surface area (Å²) in [6, 6.07) is -0.149. The van der Waals surface area contributed by atoms with Crippen LogP contribution in [0.2, 0.25) is 0 Å². The zero-order valence-electron chi connectivity index (χ0n) is 8.08. The zero-order chi connectivity index (χ0) is 9.40. The van der Waals surface area contributed by atoms with Gasteiger partial charge in [0.25, 0.3) is 0 Å². The van der Waals surface area contributed by atoms with E-state index in [0.717, 1.165) is 6.54 Å². The van der Waals surface area contributed by atoms with Crippen molar-refractivity contribution in [3.05, 3.63) is 0 Å². The second-order valence-electron chi connectivity index (χ2n) is 3.36. The summed E-state index contributed by atoms with van der Waals surface area (Å²) in [6.45, 7) is 5.22. The molecule has 0 aliphatic carbocycles. The molecule has 0 aromatic heterocycles. The maximum absolute atomic E-state index is 8.75. The van der Waals surface area contributed by atoms with E-state index < -0.39 is 0 Å². The fourth-order valence-corrected chi connectivity index (χ4v) is 1.15. The highest BCUT2D eigenvalue weighted by Crippen LogP contribution is 2.02. The van der Waals surface area contributed by atoms with Crippen LogP contribution in [-0.2, 0) is 0 Å². The first-order valence-electron chi connectivity index (χ1n) is 4.69. The van der Waals surface area contributed by atoms with Crippen molar-refractivity contribution in [2.24, 2.45) is 5.92 Å². The van der Waals surface area contributed by atoms with Crippen LogP contribution in [0.15, 0.2) is 0 Å². The quantitative estimate of drug-likeness (QED) is 0.524. The molecule has 0 aliphatic rings. The Balaban J connectivity index is 3.37. The molecule has 1 atom stereocenters. The van der Waals surface area contributed by atoms with Crippen molar-refractivity contribution in [3.8, 4) is 0 Å². The summed E-state index contributed by atoms with van der Waals surface area (Å²) in [5.74, 6) is 0.621. The lowest BCUT2D eigenvalue weighted by Gasteiger charge is -2.16. The fraction of sp³-hybridized carbons (Fsp3) is 1.00. The Morgan fingerprint density at radius 2 is 1.83 bits per heavy atom. The average Bonchev–Trinajstić information content (AvgIpc) is 2.07. The maximum atomic E-state index is 8.75. The van der Waals surface area contributed by atoms with Gasteiger partial charge in [0.15, 0.2) is 0 Å². The van der Waals surface area contributed by atoms with Gasteiger partial charge < -0.3 is 15.5 Å². The van der Waals surface area contributed by atoms with Crippen molar-refractivity contribution in [2.75, 3.05) is 19.8 Å². The molecule has 0 saturated carbocycles. The van der Waals surface area contributed by atoms with Crippen LogP contribution < -0.4 is 5.32 Å². The van der Waals surface area contributed by atoms with Gasteiger partial charge in [-0.3, -0.25) is 0 Å². The number of rotatable bonds is 7. The van der Waals surface area contributed by atoms with E-state index >= 15 is 0 Å². The van der Waals surface area contributed by atoms with Crippen molar-refractivity contribution in [1.29, 1.82) is 0 Å². The van der Waals surface area contributed by atoms with Gasteiger partial charge in [0.1, 0.15) is 0 Å². The molecule has 0 bridgehead atoms. The lowest BCUT2D eigenvalue weighted by molar-refractivity contribution is 0.167. The molecular weight excluding hydrogens is 154 g/mol. The van der Waals surface area contributed by atoms with Crippen molar-refractivity contribution in [3.63, 3.8) is 0 Å². The molecule has 12 heavy (non-hydrogen) atoms. The van der Waals surface area contributed by atoms with E-state index in [1.165, 1.54) is 12.8 Å². The molecule has 3 nitrogen and oxygen atoms in total. The van der Waals surface area contributed by atoms with E-state index in [0.29, 0.717) is 5.92 Å². The number of hydrogen-bond donors (Lipinski definition) is 3. The van der Waals surface area contributed by atoms with Gasteiger partial charge in [0.2, 0.25) is 0 Å². The molecule has 0 fully saturated rings. The molecule has 3 heteroatoms. The van der Waals surface area contributed by atoms with E-state index in [1.54, 1.807) is 0 Å². The smallest absolute Gasteiger partial charge is 0.0607 e. The molecule has 0 aliphatic heterocycles. The molecule has 0 rings (SSSR count). The monoisotopic (exact) mass is 175 g/mol. The van der Waals surface area contributed by atoms with Crippen molar-refractivity contribution in [2.45, 2.75) is 32.7 Å². The first-order chi connectivity index (χ1) is 5.74. The fourth-order valence-electron chi connectivity index (χ4n) is 1.15. The molecule has 74 valence electrons. The molecule has 0 aromatic rings. The zero-order valence-corrected chi connectivity index (χ0v) is 8.08. The summed E-state index contributed by atoms with van der Waals surface area (Å²) >= 11 is 0. The first-order valence-corrected chi connectivity index (χ1v) is 4.69. The van der Waals surface area contributed by atoms with Gasteiger partial charge in [-0.15, -0.1) is 0 Å². The summed E-state index contributed by atoms with van der Waals surface area (Å²) in [5, 5.41) is 20.6. The Bertz CT molecular complexity index is 94.5. The Morgan fingerprint density at radius 1 is 1.25 bits per heavy atom. The predicted molar refractivity (Wildman–Crippen MR) is 50.0 cm³/mol. The summed E-state index contributed by atoms with van der Waals surface area (Å²) in [6.07, 6.45) is 2.38. The van der Waals surface area contributed by atoms with Crippen LogP contribution in [0.5, 0.6) is 0 Å². The van der Waals surface area contributed by atoms with Crippen LogP contribution >= 0.6 is 0 Å². The molecule has 0 spiro atoms. The van der Waals surface area contributed by atoms with Gasteiger partial charge in [0, 0.05) is 0 Å². The summed E-state index contributed by atoms with van der Waals surface area (Å²) in [7, 11) is 0. The first kappa shape index (κ1) is 11.9. The van der Waals surface area contributed by atoms with Gasteiger partial charge in [-0.25, -0.2) is 0 Å². The molecule has 0 radical (unpaired) electrons. The molecule has 0 aromatic carbocycles. The third kappa shape index (κ3) is 5.52. The van der Waals surface area contributed by atoms with Crippen LogP contribution in [-0.4, -0.2) is 36.0 Å². The predicted octanol–water partition coefficient (Wildman–Crippen LogP) is 0.365. The van der Waals surface area contributed by atoms with Crippen LogP contribution in [0.25, 0.3) is 0 Å². The van der Waals surface area contributed by atoms with Crippen LogP contribution in [0.1, 0.15) is 26.7 Å². The summed E-state index contributed by atoms with van der Waals surface area (Å²) in [5.41, 5.74) is 0. The SMILES string of the molecule is CCC[C@H](C)CNC(CO)CO. The number of aliphatic hydroxyl groups is 2. The second-order valence-corrected chi connectivity index (χ2v) is 3.36. The summed E-state index contributed by atoms with van der Waals surface area (Å²) in [4.78, 5) is 0. The van der Waals surface area contributed by atoms with E-state index in [9.17, 15) is 0 Å². The number of aliphatic hydroxyl groups excluding tert-OH is 2. The van der Waals surface area contributed by atoms with Crippen molar-refractivity contribution < 1.29 is 10.2 Å². The topological polar surface area (TPSA) is 52.5 Å². The molecule has 0 heterocycles. The Labute approximate surface area is 74.8 Å². The summed E-state index contributed by atoms with van der Waals surface area (Å²) < 4.78 is 0. The lowest BCUT2D eigenvalue weighted by Crippen LogP contribution is -2.38. The van der Waals surface area contributed by atoms with Gasteiger partial charge in [-0.2, -0.15) is 0 Å². The standard InChI is InChI=1S/C9H21NO2/c1-3-4-8(2)5-10-9(6-11)7-12/h8-12H,3-7H2,1-2H3/t8-/m0/s1. The molecule has 0 unspecified atom stereocenters. The average molecular weight is 175 g/mol. The van der Waals surface area contributed by atoms with Gasteiger partial charge in [-0.05, 0) is 18.9 Å². The Morgan fingerprint density at radius 3 is 2.25 bits per heavy atom. The maximum Gasteiger partial charge on any atom is 0.0607 e. The van der Waals surface area contributed by atoms with Gasteiger partial charge in [0.05, 0.1) is 19.3 Å². The number of hydrogen-bond acceptors (Lipinski definition) is 3. The minimum Gasteiger partial charge on any atom is -0.395 e. The minimum absolute atomic E-state index is 0.00927. The highest BCUT2D eigenvalue weighted by atomic mass is 16.3. The van der Waals surface area contributed by atoms with E-state index in [-0.39, 0.29) is 19.3 Å². The van der Waals surface area contributed by atoms with Gasteiger partial charge in [-0.1, -0.05) is 20.3 Å². The third-order valence-electron chi connectivity index (χ3n) is 1.98. The lowest BCUT2D eigenvalue weighted by atomic mass is 10.1. The van der Waals surface area contributed by atoms with Crippen LogP contribution in [0, 0.1) is 5.92 Å². The van der Waals surface area contributed by atoms with Gasteiger partial charge >= 0.3 is 0 Å². The normalized spacial score (nSPS) is 13.8. The molecule has 3 N–H and O–H groups in total. The highest BCUT2D eigenvalue weighted by Gasteiger charge is 2.06. The molecule has 0 saturated heterocycles. The van der Waals surface area contributed by atoms with Crippen molar-refractivity contribution in [1.82, 2.24) is 5.32 Å². The largest absolute Gasteiger partial charge is 0.395 e. The highest BCUT2D eigenvalue weighted by molar-refractivity contribution is 4.65. The van der Waals surface area contributed by atoms with E-state index in [2.05, 4.69) is 19.2 Å².